The highest BCUT2D eigenvalue weighted by Gasteiger charge is 1.70. The molecule has 1 atom stereocenters. The average molecular weight is 184 g/mol. The predicted molar refractivity (Wildman–Crippen MR) is 31.9 cm³/mol. The smallest absolute Gasteiger partial charge is 0.0290 e. The second kappa shape index (κ2) is 4.49. The Bertz CT molecular complexity index is 90.9. The first-order valence-corrected chi connectivity index (χ1v) is 3.74. The summed E-state index contributed by atoms with van der Waals surface area (Å²) in [5, 5.41) is 0. The van der Waals surface area contributed by atoms with Crippen molar-refractivity contribution >= 4 is 27.0 Å². The summed E-state index contributed by atoms with van der Waals surface area (Å²) >= 11 is 0.992. The lowest BCUT2D eigenvalue weighted by Gasteiger charge is -1.95. The van der Waals surface area contributed by atoms with Crippen LogP contribution in [-0.2, 0) is 11.1 Å². The Balaban J connectivity index is 3.14. The van der Waals surface area contributed by atoms with Crippen LogP contribution in [-0.4, -0.2) is 14.5 Å². The van der Waals surface area contributed by atoms with Crippen molar-refractivity contribution in [2.45, 2.75) is 0 Å². The van der Waals surface area contributed by atoms with Gasteiger partial charge in [-0.3, -0.25) is 4.21 Å². The van der Waals surface area contributed by atoms with Gasteiger partial charge in [0.05, 0.1) is 0 Å². The quantitative estimate of drug-likeness (QED) is 0.594. The molecule has 0 aromatic rings. The van der Waals surface area contributed by atoms with E-state index in [1.807, 2.05) is 0 Å². The SMILES string of the molecule is O=S([O-])CC=CBr. The summed E-state index contributed by atoms with van der Waals surface area (Å²) in [7, 11) is 0. The van der Waals surface area contributed by atoms with E-state index >= 15 is 0 Å². The first kappa shape index (κ1) is 7.33. The summed E-state index contributed by atoms with van der Waals surface area (Å²) < 4.78 is 19.4. The molecule has 0 N–H and O–H groups in total. The van der Waals surface area contributed by atoms with Gasteiger partial charge < -0.3 is 4.55 Å². The van der Waals surface area contributed by atoms with Gasteiger partial charge in [0.2, 0.25) is 0 Å². The lowest BCUT2D eigenvalue weighted by Crippen LogP contribution is -1.88. The molecule has 7 heavy (non-hydrogen) atoms. The maximum atomic E-state index is 9.69. The van der Waals surface area contributed by atoms with Crippen LogP contribution in [0.5, 0.6) is 0 Å². The molecule has 42 valence electrons. The largest absolute Gasteiger partial charge is 0.772 e. The lowest BCUT2D eigenvalue weighted by atomic mass is 10.8. The minimum atomic E-state index is -1.93. The fourth-order valence-electron chi connectivity index (χ4n) is 0.115. The van der Waals surface area contributed by atoms with Crippen LogP contribution < -0.4 is 0 Å². The average Bonchev–Trinajstić information content (AvgIpc) is 1.61. The molecular weight excluding hydrogens is 180 g/mol. The summed E-state index contributed by atoms with van der Waals surface area (Å²) in [6.07, 6.45) is 1.50. The van der Waals surface area contributed by atoms with Crippen LogP contribution in [0.3, 0.4) is 0 Å². The molecule has 0 amide bonds. The standard InChI is InChI=1S/C3H5BrO2S/c4-2-1-3-7(5)6/h1-2H,3H2,(H,5,6)/p-1. The molecule has 0 aromatic heterocycles. The third-order valence-corrected chi connectivity index (χ3v) is 1.16. The van der Waals surface area contributed by atoms with E-state index < -0.39 is 11.1 Å². The van der Waals surface area contributed by atoms with Crippen molar-refractivity contribution < 1.29 is 8.76 Å². The van der Waals surface area contributed by atoms with E-state index in [1.165, 1.54) is 11.1 Å². The zero-order valence-corrected chi connectivity index (χ0v) is 5.87. The number of hydrogen-bond acceptors (Lipinski definition) is 2. The van der Waals surface area contributed by atoms with E-state index in [0.717, 1.165) is 0 Å². The Morgan fingerprint density at radius 2 is 2.43 bits per heavy atom. The molecule has 2 nitrogen and oxygen atoms in total. The van der Waals surface area contributed by atoms with E-state index in [4.69, 9.17) is 0 Å². The van der Waals surface area contributed by atoms with Crippen molar-refractivity contribution in [3.05, 3.63) is 11.1 Å². The van der Waals surface area contributed by atoms with Crippen LogP contribution in [0.25, 0.3) is 0 Å². The van der Waals surface area contributed by atoms with Gasteiger partial charge in [-0.15, -0.1) is 0 Å². The molecule has 4 heteroatoms. The molecule has 0 rings (SSSR count). The number of rotatable bonds is 2. The highest BCUT2D eigenvalue weighted by Crippen LogP contribution is 1.82. The van der Waals surface area contributed by atoms with Gasteiger partial charge in [-0.1, -0.05) is 33.1 Å². The first-order chi connectivity index (χ1) is 3.27. The zero-order valence-electron chi connectivity index (χ0n) is 3.46. The molecular formula is C3H4BrO2S-. The van der Waals surface area contributed by atoms with Gasteiger partial charge in [-0.25, -0.2) is 0 Å². The van der Waals surface area contributed by atoms with Crippen LogP contribution in [0, 0.1) is 0 Å². The summed E-state index contributed by atoms with van der Waals surface area (Å²) in [6, 6.07) is 0. The minimum absolute atomic E-state index is 0.0885. The van der Waals surface area contributed by atoms with Crippen LogP contribution in [0.1, 0.15) is 0 Å². The van der Waals surface area contributed by atoms with E-state index in [1.54, 1.807) is 0 Å². The Morgan fingerprint density at radius 1 is 1.86 bits per heavy atom. The van der Waals surface area contributed by atoms with Gasteiger partial charge in [0.15, 0.2) is 0 Å². The molecule has 0 saturated carbocycles. The van der Waals surface area contributed by atoms with Gasteiger partial charge in [0, 0.05) is 5.75 Å². The summed E-state index contributed by atoms with van der Waals surface area (Å²) in [5.41, 5.74) is 0. The molecule has 0 spiro atoms. The first-order valence-electron chi connectivity index (χ1n) is 1.58. The van der Waals surface area contributed by atoms with Crippen molar-refractivity contribution in [2.75, 3.05) is 5.75 Å². The number of hydrogen-bond donors (Lipinski definition) is 0. The highest BCUT2D eigenvalue weighted by molar-refractivity contribution is 9.11. The molecule has 0 saturated heterocycles. The van der Waals surface area contributed by atoms with E-state index in [0.29, 0.717) is 0 Å². The zero-order chi connectivity index (χ0) is 5.70. The Kier molecular flexibility index (Phi) is 4.70. The normalized spacial score (nSPS) is 15.1. The molecule has 1 unspecified atom stereocenters. The minimum Gasteiger partial charge on any atom is -0.772 e. The monoisotopic (exact) mass is 183 g/mol. The molecule has 0 heterocycles. The van der Waals surface area contributed by atoms with Gasteiger partial charge in [0.25, 0.3) is 0 Å². The molecule has 0 aliphatic rings. The Morgan fingerprint density at radius 3 is 2.57 bits per heavy atom. The van der Waals surface area contributed by atoms with Crippen molar-refractivity contribution in [1.82, 2.24) is 0 Å². The lowest BCUT2D eigenvalue weighted by molar-refractivity contribution is 0.540. The maximum absolute atomic E-state index is 9.69. The van der Waals surface area contributed by atoms with Gasteiger partial charge in [-0.05, 0) is 4.99 Å². The fraction of sp³-hybridized carbons (Fsp3) is 0.333. The maximum Gasteiger partial charge on any atom is 0.0290 e. The van der Waals surface area contributed by atoms with Gasteiger partial charge >= 0.3 is 0 Å². The third kappa shape index (κ3) is 6.33. The van der Waals surface area contributed by atoms with Crippen LogP contribution in [0.4, 0.5) is 0 Å². The molecule has 0 bridgehead atoms. The summed E-state index contributed by atoms with van der Waals surface area (Å²) in [6.45, 7) is 0. The molecule has 0 fully saturated rings. The van der Waals surface area contributed by atoms with Crippen molar-refractivity contribution in [1.29, 1.82) is 0 Å². The van der Waals surface area contributed by atoms with E-state index in [9.17, 15) is 8.76 Å². The molecule has 0 aromatic carbocycles. The Hall–Kier alpha value is 0.330. The van der Waals surface area contributed by atoms with Crippen LogP contribution >= 0.6 is 15.9 Å². The topological polar surface area (TPSA) is 40.1 Å². The third-order valence-electron chi connectivity index (χ3n) is 0.321. The second-order valence-corrected chi connectivity index (χ2v) is 2.30. The van der Waals surface area contributed by atoms with E-state index in [2.05, 4.69) is 15.9 Å². The van der Waals surface area contributed by atoms with Crippen molar-refractivity contribution in [3.8, 4) is 0 Å². The van der Waals surface area contributed by atoms with Crippen LogP contribution in [0.2, 0.25) is 0 Å². The van der Waals surface area contributed by atoms with E-state index in [-0.39, 0.29) is 5.75 Å². The van der Waals surface area contributed by atoms with Gasteiger partial charge in [0.1, 0.15) is 0 Å². The van der Waals surface area contributed by atoms with Crippen molar-refractivity contribution in [2.24, 2.45) is 0 Å². The van der Waals surface area contributed by atoms with Crippen molar-refractivity contribution in [3.63, 3.8) is 0 Å². The molecule has 0 aliphatic heterocycles. The Labute approximate surface area is 53.0 Å². The highest BCUT2D eigenvalue weighted by atomic mass is 79.9. The summed E-state index contributed by atoms with van der Waals surface area (Å²) in [5.74, 6) is 0.0885. The van der Waals surface area contributed by atoms with Crippen LogP contribution in [0.15, 0.2) is 11.1 Å². The van der Waals surface area contributed by atoms with Gasteiger partial charge in [-0.2, -0.15) is 0 Å². The molecule has 0 aliphatic carbocycles. The second-order valence-electron chi connectivity index (χ2n) is 0.832. The molecule has 0 radical (unpaired) electrons. The predicted octanol–water partition coefficient (Wildman–Crippen LogP) is 0.774. The summed E-state index contributed by atoms with van der Waals surface area (Å²) in [4.78, 5) is 1.52. The number of halogens is 1. The fourth-order valence-corrected chi connectivity index (χ4v) is 0.803.